The average molecular weight is 835 g/mol. The third-order valence-corrected chi connectivity index (χ3v) is 7.82. The van der Waals surface area contributed by atoms with Crippen molar-refractivity contribution in [2.45, 2.75) is 19.8 Å². The number of aryl methyl sites for hydroxylation is 1. The van der Waals surface area contributed by atoms with Crippen molar-refractivity contribution in [2.24, 2.45) is 0 Å². The minimum Gasteiger partial charge on any atom is -0.503 e. The zero-order chi connectivity index (χ0) is 32.3. The smallest absolute Gasteiger partial charge is 0.503 e. The van der Waals surface area contributed by atoms with Crippen molar-refractivity contribution in [2.75, 3.05) is 0 Å². The van der Waals surface area contributed by atoms with Crippen LogP contribution < -0.4 is 9.47 Å². The summed E-state index contributed by atoms with van der Waals surface area (Å²) < 4.78 is 14.5. The van der Waals surface area contributed by atoms with Crippen LogP contribution in [0.2, 0.25) is 0 Å². The quantitative estimate of drug-likeness (QED) is 0.107. The van der Waals surface area contributed by atoms with Crippen molar-refractivity contribution < 1.29 is 50.3 Å². The summed E-state index contributed by atoms with van der Waals surface area (Å²) in [5, 5.41) is 1.91. The molecule has 0 atom stereocenters. The van der Waals surface area contributed by atoms with E-state index in [1.807, 2.05) is 114 Å². The Labute approximate surface area is 317 Å². The molecule has 4 aromatic heterocycles. The molecule has 7 nitrogen and oxygen atoms in total. The minimum atomic E-state index is 0. The number of nitrogens with zero attached hydrogens (tertiary/aromatic N) is 5. The number of ether oxygens (including phenoxy) is 2. The van der Waals surface area contributed by atoms with Crippen LogP contribution in [0.4, 0.5) is 0 Å². The van der Waals surface area contributed by atoms with Crippen LogP contribution in [0.15, 0.2) is 122 Å². The van der Waals surface area contributed by atoms with E-state index in [0.717, 1.165) is 62.7 Å². The van der Waals surface area contributed by atoms with E-state index in [-0.39, 0.29) is 40.8 Å². The van der Waals surface area contributed by atoms with Gasteiger partial charge < -0.3 is 24.0 Å². The third-order valence-electron chi connectivity index (χ3n) is 7.82. The molecule has 0 aliphatic rings. The Bertz CT molecular complexity index is 2220. The largest absolute Gasteiger partial charge is 2.00 e. The number of benzene rings is 4. The molecule has 50 heavy (non-hydrogen) atoms. The van der Waals surface area contributed by atoms with E-state index in [2.05, 4.69) is 41.2 Å². The van der Waals surface area contributed by atoms with Crippen molar-refractivity contribution in [1.82, 2.24) is 24.5 Å². The molecule has 0 fully saturated rings. The zero-order valence-electron chi connectivity index (χ0n) is 26.6. The van der Waals surface area contributed by atoms with Crippen LogP contribution in [0.1, 0.15) is 18.9 Å². The van der Waals surface area contributed by atoms with Gasteiger partial charge in [-0.05, 0) is 35.5 Å². The van der Waals surface area contributed by atoms with E-state index in [1.54, 1.807) is 12.4 Å². The summed E-state index contributed by atoms with van der Waals surface area (Å²) in [5.41, 5.74) is 5.91. The molecule has 0 bridgehead atoms. The second kappa shape index (κ2) is 15.7. The van der Waals surface area contributed by atoms with Crippen LogP contribution in [-0.4, -0.2) is 24.5 Å². The first-order valence-electron chi connectivity index (χ1n) is 15.7. The Morgan fingerprint density at radius 2 is 1.04 bits per heavy atom. The summed E-state index contributed by atoms with van der Waals surface area (Å²) in [6.07, 6.45) is 9.20. The SMILES string of the molecule is CCCc1cnc(-n2c3[c-]c(Oc4[c-]c(-c5ccccn5)ccc4)ccc3c3ccc(Oc4[c-]c(-c5ccccn5)ccc4)[c-]c32)nc1.[Pd+2].[Pd+2]. The van der Waals surface area contributed by atoms with Crippen molar-refractivity contribution in [1.29, 1.82) is 0 Å². The van der Waals surface area contributed by atoms with Gasteiger partial charge in [0.1, 0.15) is 0 Å². The normalized spacial score (nSPS) is 10.7. The fraction of sp³-hybridized carbons (Fsp3) is 0.0732. The molecule has 0 aliphatic carbocycles. The maximum atomic E-state index is 6.30. The Kier molecular flexibility index (Phi) is 10.9. The van der Waals surface area contributed by atoms with Gasteiger partial charge in [0.2, 0.25) is 5.95 Å². The van der Waals surface area contributed by atoms with Gasteiger partial charge in [-0.3, -0.25) is 0 Å². The molecule has 0 N–H and O–H groups in total. The number of rotatable bonds is 9. The molecule has 0 radical (unpaired) electrons. The molecule has 0 saturated carbocycles. The third kappa shape index (κ3) is 7.28. The molecule has 0 unspecified atom stereocenters. The summed E-state index contributed by atoms with van der Waals surface area (Å²) in [6.45, 7) is 2.14. The Hall–Kier alpha value is -5.02. The van der Waals surface area contributed by atoms with Gasteiger partial charge in [0.25, 0.3) is 0 Å². The summed E-state index contributed by atoms with van der Waals surface area (Å²) >= 11 is 0. The van der Waals surface area contributed by atoms with Gasteiger partial charge in [-0.25, -0.2) is 9.97 Å². The maximum Gasteiger partial charge on any atom is 2.00 e. The molecule has 0 saturated heterocycles. The molecule has 4 aromatic carbocycles. The number of hydrogen-bond donors (Lipinski definition) is 0. The number of aromatic nitrogens is 5. The number of pyridine rings is 2. The van der Waals surface area contributed by atoms with Gasteiger partial charge >= 0.3 is 40.8 Å². The van der Waals surface area contributed by atoms with Crippen LogP contribution in [0.5, 0.6) is 23.0 Å². The van der Waals surface area contributed by atoms with Crippen LogP contribution in [0.3, 0.4) is 0 Å². The fourth-order valence-electron chi connectivity index (χ4n) is 5.62. The van der Waals surface area contributed by atoms with Crippen LogP contribution in [0, 0.1) is 24.3 Å². The van der Waals surface area contributed by atoms with Crippen LogP contribution in [0.25, 0.3) is 50.3 Å². The van der Waals surface area contributed by atoms with E-state index in [1.165, 1.54) is 0 Å². The van der Waals surface area contributed by atoms with Crippen molar-refractivity contribution in [3.05, 3.63) is 152 Å². The molecule has 248 valence electrons. The maximum absolute atomic E-state index is 6.30. The van der Waals surface area contributed by atoms with Gasteiger partial charge in [-0.1, -0.05) is 60.8 Å². The molecule has 8 rings (SSSR count). The van der Waals surface area contributed by atoms with Gasteiger partial charge in [-0.15, -0.1) is 71.8 Å². The molecule has 4 heterocycles. The molecule has 0 amide bonds. The second-order valence-electron chi connectivity index (χ2n) is 11.1. The number of fused-ring (bicyclic) bond motifs is 3. The first kappa shape index (κ1) is 34.8. The predicted molar refractivity (Wildman–Crippen MR) is 185 cm³/mol. The topological polar surface area (TPSA) is 75.0 Å². The Morgan fingerprint density at radius 3 is 1.50 bits per heavy atom. The van der Waals surface area contributed by atoms with Crippen LogP contribution in [-0.2, 0) is 47.3 Å². The average Bonchev–Trinajstić information content (AvgIpc) is 3.46. The molecular formula is C41H27N5O2Pd2. The van der Waals surface area contributed by atoms with E-state index in [4.69, 9.17) is 19.4 Å². The van der Waals surface area contributed by atoms with Gasteiger partial charge in [0, 0.05) is 47.8 Å². The molecule has 0 spiro atoms. The zero-order valence-corrected chi connectivity index (χ0v) is 29.8. The molecule has 8 aromatic rings. The van der Waals surface area contributed by atoms with Crippen LogP contribution >= 0.6 is 0 Å². The Balaban J connectivity index is 0.00000216. The fourth-order valence-corrected chi connectivity index (χ4v) is 5.62. The summed E-state index contributed by atoms with van der Waals surface area (Å²) in [6, 6.07) is 44.5. The summed E-state index contributed by atoms with van der Waals surface area (Å²) in [7, 11) is 0. The molecule has 0 aliphatic heterocycles. The van der Waals surface area contributed by atoms with Gasteiger partial charge in [0.15, 0.2) is 0 Å². The molecule has 9 heteroatoms. The van der Waals surface area contributed by atoms with E-state index in [9.17, 15) is 0 Å². The van der Waals surface area contributed by atoms with Crippen molar-refractivity contribution in [3.63, 3.8) is 0 Å². The van der Waals surface area contributed by atoms with Crippen molar-refractivity contribution >= 4 is 21.8 Å². The minimum absolute atomic E-state index is 0. The Morgan fingerprint density at radius 1 is 0.540 bits per heavy atom. The predicted octanol–water partition coefficient (Wildman–Crippen LogP) is 9.43. The van der Waals surface area contributed by atoms with Crippen molar-refractivity contribution in [3.8, 4) is 51.5 Å². The van der Waals surface area contributed by atoms with E-state index in [0.29, 0.717) is 28.9 Å². The first-order chi connectivity index (χ1) is 23.7. The van der Waals surface area contributed by atoms with E-state index < -0.39 is 0 Å². The monoisotopic (exact) mass is 833 g/mol. The summed E-state index contributed by atoms with van der Waals surface area (Å²) in [5.74, 6) is 2.68. The van der Waals surface area contributed by atoms with Gasteiger partial charge in [0.05, 0.1) is 0 Å². The van der Waals surface area contributed by atoms with E-state index >= 15 is 0 Å². The second-order valence-corrected chi connectivity index (χ2v) is 11.1. The number of hydrogen-bond acceptors (Lipinski definition) is 6. The van der Waals surface area contributed by atoms with Gasteiger partial charge in [-0.2, -0.15) is 22.9 Å². The summed E-state index contributed by atoms with van der Waals surface area (Å²) in [4.78, 5) is 18.4. The first-order valence-corrected chi connectivity index (χ1v) is 15.7. The standard InChI is InChI=1S/C41H27N5O2.2Pd/c1-2-9-28-26-44-41(45-27-28)46-39-24-33(47-31-12-7-10-29(22-31)37-14-3-5-20-42-37)16-18-35(39)36-19-17-34(25-40(36)46)48-32-13-8-11-30(23-32)38-15-4-6-21-43-38;;/h3-8,10-21,26-27H,2,9H2,1H3;;/q-4;2*+2. The molecular weight excluding hydrogens is 807 g/mol.